The van der Waals surface area contributed by atoms with E-state index >= 15 is 0 Å². The number of nitrogens with zero attached hydrogens (tertiary/aromatic N) is 2. The molecule has 0 radical (unpaired) electrons. The van der Waals surface area contributed by atoms with E-state index < -0.39 is 0 Å². The molecular formula is C19H29N3O. The molecule has 0 unspecified atom stereocenters. The van der Waals surface area contributed by atoms with E-state index in [9.17, 15) is 4.79 Å². The zero-order valence-electron chi connectivity index (χ0n) is 14.6. The number of carbonyl (C=O) groups is 1. The highest BCUT2D eigenvalue weighted by Gasteiger charge is 2.31. The Morgan fingerprint density at radius 1 is 1.13 bits per heavy atom. The first kappa shape index (κ1) is 16.5. The van der Waals surface area contributed by atoms with Crippen LogP contribution in [0.4, 0.5) is 5.69 Å². The van der Waals surface area contributed by atoms with Crippen molar-refractivity contribution in [2.24, 2.45) is 0 Å². The number of piperazine rings is 1. The number of carbonyl (C=O) groups excluding carboxylic acids is 1. The first-order valence-corrected chi connectivity index (χ1v) is 8.79. The van der Waals surface area contributed by atoms with E-state index in [1.807, 2.05) is 18.2 Å². The molecule has 1 saturated carbocycles. The van der Waals surface area contributed by atoms with Crippen LogP contribution in [0, 0.1) is 0 Å². The zero-order valence-corrected chi connectivity index (χ0v) is 14.6. The molecule has 1 aliphatic heterocycles. The summed E-state index contributed by atoms with van der Waals surface area (Å²) < 4.78 is 0. The summed E-state index contributed by atoms with van der Waals surface area (Å²) >= 11 is 0. The van der Waals surface area contributed by atoms with E-state index in [1.54, 1.807) is 0 Å². The molecule has 2 fully saturated rings. The summed E-state index contributed by atoms with van der Waals surface area (Å²) in [5.74, 6) is 0.0987. The molecule has 1 saturated heterocycles. The van der Waals surface area contributed by atoms with Crippen LogP contribution in [-0.2, 0) is 10.2 Å². The van der Waals surface area contributed by atoms with Gasteiger partial charge >= 0.3 is 0 Å². The number of amides is 1. The van der Waals surface area contributed by atoms with Crippen molar-refractivity contribution in [3.63, 3.8) is 0 Å². The Morgan fingerprint density at radius 2 is 1.78 bits per heavy atom. The predicted octanol–water partition coefficient (Wildman–Crippen LogP) is 2.70. The minimum atomic E-state index is 0.0275. The number of para-hydroxylation sites is 1. The fraction of sp³-hybridized carbons (Fsp3) is 0.632. The molecule has 0 spiro atoms. The molecule has 0 aromatic heterocycles. The summed E-state index contributed by atoms with van der Waals surface area (Å²) in [6.45, 7) is 11.2. The molecule has 4 heteroatoms. The largest absolute Gasteiger partial charge is 0.325 e. The fourth-order valence-corrected chi connectivity index (χ4v) is 3.37. The summed E-state index contributed by atoms with van der Waals surface area (Å²) in [6.07, 6.45) is 2.73. The van der Waals surface area contributed by atoms with Gasteiger partial charge in [-0.1, -0.05) is 39.0 Å². The van der Waals surface area contributed by atoms with E-state index in [2.05, 4.69) is 42.0 Å². The Labute approximate surface area is 139 Å². The first-order chi connectivity index (χ1) is 10.9. The summed E-state index contributed by atoms with van der Waals surface area (Å²) in [5, 5.41) is 3.12. The number of hydrogen-bond acceptors (Lipinski definition) is 3. The molecule has 0 atom stereocenters. The monoisotopic (exact) mass is 315 g/mol. The first-order valence-electron chi connectivity index (χ1n) is 8.79. The van der Waals surface area contributed by atoms with Gasteiger partial charge in [0.15, 0.2) is 0 Å². The lowest BCUT2D eigenvalue weighted by molar-refractivity contribution is -0.117. The number of benzene rings is 1. The molecule has 1 amide bonds. The van der Waals surface area contributed by atoms with E-state index in [0.717, 1.165) is 37.9 Å². The average Bonchev–Trinajstić information content (AvgIpc) is 3.32. The summed E-state index contributed by atoms with van der Waals surface area (Å²) in [5.41, 5.74) is 2.16. The van der Waals surface area contributed by atoms with E-state index in [-0.39, 0.29) is 11.3 Å². The highest BCUT2D eigenvalue weighted by Crippen LogP contribution is 2.29. The molecule has 1 N–H and O–H groups in total. The molecule has 1 aromatic rings. The molecule has 0 bridgehead atoms. The number of hydrogen-bond donors (Lipinski definition) is 1. The van der Waals surface area contributed by atoms with Gasteiger partial charge in [-0.2, -0.15) is 0 Å². The summed E-state index contributed by atoms with van der Waals surface area (Å²) in [7, 11) is 0. The predicted molar refractivity (Wildman–Crippen MR) is 94.8 cm³/mol. The van der Waals surface area contributed by atoms with Crippen molar-refractivity contribution < 1.29 is 4.79 Å². The normalized spacial score (nSPS) is 20.5. The summed E-state index contributed by atoms with van der Waals surface area (Å²) in [6, 6.07) is 8.96. The molecular weight excluding hydrogens is 286 g/mol. The van der Waals surface area contributed by atoms with Gasteiger partial charge in [0.1, 0.15) is 0 Å². The maximum Gasteiger partial charge on any atom is 0.238 e. The third kappa shape index (κ3) is 4.33. The van der Waals surface area contributed by atoms with Gasteiger partial charge in [-0.05, 0) is 29.9 Å². The molecule has 1 aromatic carbocycles. The zero-order chi connectivity index (χ0) is 16.4. The Bertz CT molecular complexity index is 552. The van der Waals surface area contributed by atoms with Gasteiger partial charge in [-0.25, -0.2) is 0 Å². The Balaban J connectivity index is 1.54. The van der Waals surface area contributed by atoms with Crippen molar-refractivity contribution in [2.75, 3.05) is 38.0 Å². The second kappa shape index (κ2) is 6.62. The molecule has 4 nitrogen and oxygen atoms in total. The lowest BCUT2D eigenvalue weighted by atomic mass is 9.86. The molecule has 1 aliphatic carbocycles. The highest BCUT2D eigenvalue weighted by molar-refractivity contribution is 5.93. The van der Waals surface area contributed by atoms with E-state index in [0.29, 0.717) is 6.54 Å². The smallest absolute Gasteiger partial charge is 0.238 e. The van der Waals surface area contributed by atoms with Gasteiger partial charge in [0.25, 0.3) is 0 Å². The second-order valence-electron chi connectivity index (χ2n) is 7.89. The average molecular weight is 315 g/mol. The molecule has 2 aliphatic rings. The van der Waals surface area contributed by atoms with Crippen LogP contribution < -0.4 is 5.32 Å². The van der Waals surface area contributed by atoms with Gasteiger partial charge in [0, 0.05) is 37.9 Å². The van der Waals surface area contributed by atoms with Gasteiger partial charge in [-0.15, -0.1) is 0 Å². The van der Waals surface area contributed by atoms with Crippen LogP contribution in [0.25, 0.3) is 0 Å². The van der Waals surface area contributed by atoms with Crippen LogP contribution in [0.2, 0.25) is 0 Å². The van der Waals surface area contributed by atoms with Gasteiger partial charge < -0.3 is 5.32 Å². The van der Waals surface area contributed by atoms with Gasteiger partial charge in [0.05, 0.1) is 6.54 Å². The van der Waals surface area contributed by atoms with Crippen molar-refractivity contribution in [1.82, 2.24) is 9.80 Å². The van der Waals surface area contributed by atoms with E-state index in [4.69, 9.17) is 0 Å². The van der Waals surface area contributed by atoms with Crippen LogP contribution in [0.5, 0.6) is 0 Å². The van der Waals surface area contributed by atoms with Crippen LogP contribution in [-0.4, -0.2) is 54.5 Å². The van der Waals surface area contributed by atoms with Crippen molar-refractivity contribution in [3.8, 4) is 0 Å². The van der Waals surface area contributed by atoms with E-state index in [1.165, 1.54) is 18.4 Å². The molecule has 1 heterocycles. The number of rotatable bonds is 4. The van der Waals surface area contributed by atoms with Crippen molar-refractivity contribution in [1.29, 1.82) is 0 Å². The lowest BCUT2D eigenvalue weighted by Crippen LogP contribution is -2.49. The Hall–Kier alpha value is -1.39. The lowest BCUT2D eigenvalue weighted by Gasteiger charge is -2.34. The minimum absolute atomic E-state index is 0.0275. The maximum atomic E-state index is 12.4. The van der Waals surface area contributed by atoms with Gasteiger partial charge in [0.2, 0.25) is 5.91 Å². The maximum absolute atomic E-state index is 12.4. The van der Waals surface area contributed by atoms with Crippen LogP contribution in [0.15, 0.2) is 24.3 Å². The second-order valence-corrected chi connectivity index (χ2v) is 7.89. The third-order valence-corrected chi connectivity index (χ3v) is 4.85. The molecule has 3 rings (SSSR count). The van der Waals surface area contributed by atoms with Crippen LogP contribution in [0.1, 0.15) is 39.2 Å². The van der Waals surface area contributed by atoms with Crippen LogP contribution in [0.3, 0.4) is 0 Å². The van der Waals surface area contributed by atoms with Crippen molar-refractivity contribution in [3.05, 3.63) is 29.8 Å². The van der Waals surface area contributed by atoms with Crippen molar-refractivity contribution in [2.45, 2.75) is 45.1 Å². The number of anilines is 1. The highest BCUT2D eigenvalue weighted by atomic mass is 16.2. The molecule has 126 valence electrons. The van der Waals surface area contributed by atoms with Crippen molar-refractivity contribution >= 4 is 11.6 Å². The summed E-state index contributed by atoms with van der Waals surface area (Å²) in [4.78, 5) is 17.3. The topological polar surface area (TPSA) is 35.6 Å². The minimum Gasteiger partial charge on any atom is -0.325 e. The number of nitrogens with one attached hydrogen (secondary N) is 1. The Morgan fingerprint density at radius 3 is 2.39 bits per heavy atom. The SMILES string of the molecule is CC(C)(C)c1ccccc1NC(=O)CN1CCN(C2CC2)CC1. The third-order valence-electron chi connectivity index (χ3n) is 4.85. The van der Waals surface area contributed by atoms with Gasteiger partial charge in [-0.3, -0.25) is 14.6 Å². The standard InChI is InChI=1S/C19H29N3O/c1-19(2,3)16-6-4-5-7-17(16)20-18(23)14-21-10-12-22(13-11-21)15-8-9-15/h4-7,15H,8-14H2,1-3H3,(H,20,23). The quantitative estimate of drug-likeness (QED) is 0.928. The molecule has 23 heavy (non-hydrogen) atoms. The van der Waals surface area contributed by atoms with Crippen LogP contribution >= 0.6 is 0 Å². The fourth-order valence-electron chi connectivity index (χ4n) is 3.37. The Kier molecular flexibility index (Phi) is 4.74.